The third-order valence-corrected chi connectivity index (χ3v) is 6.28. The van der Waals surface area contributed by atoms with E-state index in [1.54, 1.807) is 14.2 Å². The highest BCUT2D eigenvalue weighted by molar-refractivity contribution is 5.84. The summed E-state index contributed by atoms with van der Waals surface area (Å²) in [5, 5.41) is 4.96. The number of hydrogen-bond donors (Lipinski definition) is 2. The zero-order valence-electron chi connectivity index (χ0n) is 16.0. The predicted molar refractivity (Wildman–Crippen MR) is 101 cm³/mol. The number of fused-ring (bicyclic) bond motifs is 3. The van der Waals surface area contributed by atoms with Crippen LogP contribution in [0.1, 0.15) is 31.2 Å². The molecular formula is C20H28N4O3. The van der Waals surface area contributed by atoms with Gasteiger partial charge in [-0.25, -0.2) is 5.01 Å². The number of hydrazine groups is 1. The number of nitrogens with zero attached hydrogens (tertiary/aromatic N) is 2. The van der Waals surface area contributed by atoms with Crippen LogP contribution in [0.4, 0.5) is 0 Å². The maximum atomic E-state index is 13.3. The number of carbonyl (C=O) groups is 2. The Labute approximate surface area is 160 Å². The second-order valence-electron chi connectivity index (χ2n) is 7.69. The molecule has 2 amide bonds. The van der Waals surface area contributed by atoms with E-state index in [4.69, 9.17) is 4.74 Å². The summed E-state index contributed by atoms with van der Waals surface area (Å²) in [5.41, 5.74) is 4.50. The van der Waals surface area contributed by atoms with Crippen molar-refractivity contribution in [1.29, 1.82) is 0 Å². The molecular weight excluding hydrogens is 344 g/mol. The van der Waals surface area contributed by atoms with E-state index in [0.29, 0.717) is 6.54 Å². The molecule has 0 spiro atoms. The number of rotatable bonds is 4. The molecule has 7 heteroatoms. The molecule has 3 fully saturated rings. The van der Waals surface area contributed by atoms with Crippen LogP contribution in [0.15, 0.2) is 24.3 Å². The molecule has 0 aromatic heterocycles. The Bertz CT molecular complexity index is 708. The maximum absolute atomic E-state index is 13.3. The van der Waals surface area contributed by atoms with Crippen molar-refractivity contribution in [1.82, 2.24) is 20.7 Å². The molecule has 4 atom stereocenters. The highest BCUT2D eigenvalue weighted by atomic mass is 16.5. The SMILES string of the molecule is CNC(=O)C1CCC2C(C1)N(Cc1ccc(OC)cc1)C(=O)C1CCNN12. The quantitative estimate of drug-likeness (QED) is 0.822. The molecule has 2 saturated heterocycles. The summed E-state index contributed by atoms with van der Waals surface area (Å²) in [6.07, 6.45) is 3.37. The lowest BCUT2D eigenvalue weighted by atomic mass is 9.78. The van der Waals surface area contributed by atoms with Crippen LogP contribution in [0.3, 0.4) is 0 Å². The van der Waals surface area contributed by atoms with Gasteiger partial charge in [-0.1, -0.05) is 12.1 Å². The first-order valence-corrected chi connectivity index (χ1v) is 9.79. The molecule has 2 aliphatic heterocycles. The second kappa shape index (κ2) is 7.48. The number of carbonyl (C=O) groups excluding carboxylic acids is 2. The number of hydrogen-bond acceptors (Lipinski definition) is 5. The fourth-order valence-electron chi connectivity index (χ4n) is 4.88. The van der Waals surface area contributed by atoms with Crippen molar-refractivity contribution < 1.29 is 14.3 Å². The molecule has 1 aromatic carbocycles. The number of benzene rings is 1. The van der Waals surface area contributed by atoms with Crippen molar-refractivity contribution in [3.8, 4) is 5.75 Å². The number of piperazine rings is 1. The summed E-state index contributed by atoms with van der Waals surface area (Å²) >= 11 is 0. The lowest BCUT2D eigenvalue weighted by Crippen LogP contribution is -2.68. The third kappa shape index (κ3) is 3.30. The van der Waals surface area contributed by atoms with Gasteiger partial charge in [0.25, 0.3) is 0 Å². The van der Waals surface area contributed by atoms with E-state index in [9.17, 15) is 9.59 Å². The van der Waals surface area contributed by atoms with Crippen LogP contribution in [0.5, 0.6) is 5.75 Å². The Morgan fingerprint density at radius 1 is 1.22 bits per heavy atom. The van der Waals surface area contributed by atoms with Crippen LogP contribution >= 0.6 is 0 Å². The average Bonchev–Trinajstić information content (AvgIpc) is 3.21. The Hall–Kier alpha value is -2.12. The molecule has 27 heavy (non-hydrogen) atoms. The number of methoxy groups -OCH3 is 1. The molecule has 1 aromatic rings. The van der Waals surface area contributed by atoms with Gasteiger partial charge in [-0.2, -0.15) is 0 Å². The Balaban J connectivity index is 1.59. The van der Waals surface area contributed by atoms with Gasteiger partial charge in [-0.3, -0.25) is 15.0 Å². The van der Waals surface area contributed by atoms with E-state index < -0.39 is 0 Å². The minimum Gasteiger partial charge on any atom is -0.497 e. The summed E-state index contributed by atoms with van der Waals surface area (Å²) in [5.74, 6) is 1.04. The third-order valence-electron chi connectivity index (χ3n) is 6.28. The lowest BCUT2D eigenvalue weighted by molar-refractivity contribution is -0.157. The minimum atomic E-state index is -0.0824. The molecule has 1 saturated carbocycles. The molecule has 3 aliphatic rings. The molecule has 2 N–H and O–H groups in total. The van der Waals surface area contributed by atoms with Crippen molar-refractivity contribution >= 4 is 11.8 Å². The number of amides is 2. The van der Waals surface area contributed by atoms with E-state index in [1.165, 1.54) is 0 Å². The van der Waals surface area contributed by atoms with Gasteiger partial charge in [-0.15, -0.1) is 0 Å². The molecule has 4 unspecified atom stereocenters. The summed E-state index contributed by atoms with van der Waals surface area (Å²) in [6, 6.07) is 8.13. The van der Waals surface area contributed by atoms with Gasteiger partial charge in [0.15, 0.2) is 0 Å². The van der Waals surface area contributed by atoms with Crippen LogP contribution in [0, 0.1) is 5.92 Å². The minimum absolute atomic E-state index is 0.0263. The summed E-state index contributed by atoms with van der Waals surface area (Å²) in [4.78, 5) is 27.5. The van der Waals surface area contributed by atoms with Crippen molar-refractivity contribution in [2.75, 3.05) is 20.7 Å². The molecule has 146 valence electrons. The smallest absolute Gasteiger partial charge is 0.242 e. The Kier molecular flexibility index (Phi) is 5.06. The van der Waals surface area contributed by atoms with E-state index in [-0.39, 0.29) is 35.9 Å². The van der Waals surface area contributed by atoms with Crippen LogP contribution in [-0.4, -0.2) is 60.6 Å². The van der Waals surface area contributed by atoms with E-state index in [1.807, 2.05) is 29.2 Å². The molecule has 1 aliphatic carbocycles. The van der Waals surface area contributed by atoms with Crippen molar-refractivity contribution in [3.63, 3.8) is 0 Å². The number of nitrogens with one attached hydrogen (secondary N) is 2. The van der Waals surface area contributed by atoms with Gasteiger partial charge in [0, 0.05) is 38.1 Å². The standard InChI is InChI=1S/C20H28N4O3/c1-21-19(25)14-5-8-16-18(11-14)23(20(26)17-9-10-22-24(16)17)12-13-3-6-15(27-2)7-4-13/h3-4,6-7,14,16-18,22H,5,8-12H2,1-2H3,(H,21,25). The van der Waals surface area contributed by atoms with Gasteiger partial charge in [0.1, 0.15) is 11.8 Å². The molecule has 0 radical (unpaired) electrons. The maximum Gasteiger partial charge on any atom is 0.242 e. The summed E-state index contributed by atoms with van der Waals surface area (Å²) in [6.45, 7) is 1.42. The van der Waals surface area contributed by atoms with Gasteiger partial charge in [0.05, 0.1) is 7.11 Å². The van der Waals surface area contributed by atoms with E-state index in [0.717, 1.165) is 43.5 Å². The predicted octanol–water partition coefficient (Wildman–Crippen LogP) is 0.900. The summed E-state index contributed by atoms with van der Waals surface area (Å²) < 4.78 is 5.24. The van der Waals surface area contributed by atoms with Crippen molar-refractivity contribution in [2.24, 2.45) is 5.92 Å². The second-order valence-corrected chi connectivity index (χ2v) is 7.69. The number of ether oxygens (including phenoxy) is 1. The van der Waals surface area contributed by atoms with Crippen LogP contribution in [0.2, 0.25) is 0 Å². The monoisotopic (exact) mass is 372 g/mol. The van der Waals surface area contributed by atoms with Crippen LogP contribution in [-0.2, 0) is 16.1 Å². The topological polar surface area (TPSA) is 73.9 Å². The van der Waals surface area contributed by atoms with Gasteiger partial charge in [0.2, 0.25) is 11.8 Å². The first-order chi connectivity index (χ1) is 13.1. The summed E-state index contributed by atoms with van der Waals surface area (Å²) in [7, 11) is 3.34. The van der Waals surface area contributed by atoms with Gasteiger partial charge >= 0.3 is 0 Å². The molecule has 0 bridgehead atoms. The zero-order valence-corrected chi connectivity index (χ0v) is 16.0. The van der Waals surface area contributed by atoms with Crippen molar-refractivity contribution in [2.45, 2.75) is 50.4 Å². The molecule has 4 rings (SSSR count). The van der Waals surface area contributed by atoms with Crippen LogP contribution < -0.4 is 15.5 Å². The Morgan fingerprint density at radius 3 is 2.70 bits per heavy atom. The normalized spacial score (nSPS) is 30.6. The lowest BCUT2D eigenvalue weighted by Gasteiger charge is -2.51. The fourth-order valence-corrected chi connectivity index (χ4v) is 4.88. The fraction of sp³-hybridized carbons (Fsp3) is 0.600. The zero-order chi connectivity index (χ0) is 19.0. The van der Waals surface area contributed by atoms with Gasteiger partial charge < -0.3 is 15.0 Å². The van der Waals surface area contributed by atoms with Gasteiger partial charge in [-0.05, 0) is 43.4 Å². The highest BCUT2D eigenvalue weighted by Crippen LogP contribution is 2.38. The average molecular weight is 372 g/mol. The largest absolute Gasteiger partial charge is 0.497 e. The highest BCUT2D eigenvalue weighted by Gasteiger charge is 2.51. The first-order valence-electron chi connectivity index (χ1n) is 9.79. The van der Waals surface area contributed by atoms with Crippen LogP contribution in [0.25, 0.3) is 0 Å². The first kappa shape index (κ1) is 18.3. The van der Waals surface area contributed by atoms with E-state index in [2.05, 4.69) is 15.8 Å². The Morgan fingerprint density at radius 2 is 2.00 bits per heavy atom. The van der Waals surface area contributed by atoms with Crippen molar-refractivity contribution in [3.05, 3.63) is 29.8 Å². The molecule has 2 heterocycles. The van der Waals surface area contributed by atoms with E-state index >= 15 is 0 Å². The molecule has 7 nitrogen and oxygen atoms in total.